The molecule has 126 valence electrons. The summed E-state index contributed by atoms with van der Waals surface area (Å²) in [6, 6.07) is 14.4. The van der Waals surface area contributed by atoms with Gasteiger partial charge in [-0.25, -0.2) is 4.39 Å². The maximum absolute atomic E-state index is 13.4. The molecule has 0 atom stereocenters. The Hall–Kier alpha value is -2.36. The molecular weight excluding hydrogens is 305 g/mol. The molecule has 1 amide bonds. The van der Waals surface area contributed by atoms with Crippen molar-refractivity contribution >= 4 is 5.91 Å². The number of amides is 1. The van der Waals surface area contributed by atoms with Crippen LogP contribution in [0, 0.1) is 5.82 Å². The molecule has 2 aromatic carbocycles. The molecule has 0 radical (unpaired) electrons. The summed E-state index contributed by atoms with van der Waals surface area (Å²) in [6.45, 7) is 3.04. The van der Waals surface area contributed by atoms with Crippen molar-refractivity contribution in [3.05, 3.63) is 65.5 Å². The lowest BCUT2D eigenvalue weighted by atomic mass is 10.1. The number of nitrogens with zero attached hydrogens (tertiary/aromatic N) is 1. The summed E-state index contributed by atoms with van der Waals surface area (Å²) in [5.74, 6) is 0.639. The third kappa shape index (κ3) is 4.34. The summed E-state index contributed by atoms with van der Waals surface area (Å²) >= 11 is 0. The van der Waals surface area contributed by atoms with E-state index in [4.69, 9.17) is 4.74 Å². The van der Waals surface area contributed by atoms with Crippen LogP contribution < -0.4 is 4.74 Å². The maximum Gasteiger partial charge on any atom is 0.227 e. The zero-order valence-electron chi connectivity index (χ0n) is 13.9. The Morgan fingerprint density at radius 3 is 2.54 bits per heavy atom. The van der Waals surface area contributed by atoms with Crippen molar-refractivity contribution in [3.8, 4) is 5.75 Å². The first kappa shape index (κ1) is 16.5. The highest BCUT2D eigenvalue weighted by molar-refractivity contribution is 5.79. The van der Waals surface area contributed by atoms with Crippen molar-refractivity contribution in [3.63, 3.8) is 0 Å². The van der Waals surface area contributed by atoms with E-state index in [1.54, 1.807) is 6.07 Å². The Labute approximate surface area is 142 Å². The van der Waals surface area contributed by atoms with Gasteiger partial charge in [-0.05, 0) is 55.2 Å². The molecule has 1 aliphatic carbocycles. The first-order valence-corrected chi connectivity index (χ1v) is 8.41. The number of benzene rings is 2. The van der Waals surface area contributed by atoms with Crippen LogP contribution in [-0.2, 0) is 17.8 Å². The molecule has 2 aromatic rings. The molecular formula is C20H22FNO2. The molecule has 0 heterocycles. The highest BCUT2D eigenvalue weighted by atomic mass is 19.1. The smallest absolute Gasteiger partial charge is 0.227 e. The lowest BCUT2D eigenvalue weighted by molar-refractivity contribution is -0.131. The van der Waals surface area contributed by atoms with Crippen LogP contribution in [0.1, 0.15) is 30.9 Å². The van der Waals surface area contributed by atoms with Crippen LogP contribution in [0.15, 0.2) is 48.5 Å². The third-order valence-corrected chi connectivity index (χ3v) is 4.14. The van der Waals surface area contributed by atoms with Crippen molar-refractivity contribution in [2.45, 2.75) is 38.8 Å². The molecule has 0 unspecified atom stereocenters. The van der Waals surface area contributed by atoms with Gasteiger partial charge in [0.1, 0.15) is 11.6 Å². The van der Waals surface area contributed by atoms with Crippen LogP contribution in [0.3, 0.4) is 0 Å². The van der Waals surface area contributed by atoms with E-state index in [2.05, 4.69) is 0 Å². The van der Waals surface area contributed by atoms with Gasteiger partial charge in [-0.2, -0.15) is 0 Å². The van der Waals surface area contributed by atoms with Gasteiger partial charge in [-0.1, -0.05) is 24.3 Å². The summed E-state index contributed by atoms with van der Waals surface area (Å²) in [7, 11) is 0. The van der Waals surface area contributed by atoms with Crippen molar-refractivity contribution < 1.29 is 13.9 Å². The summed E-state index contributed by atoms with van der Waals surface area (Å²) in [5, 5.41) is 0. The van der Waals surface area contributed by atoms with Gasteiger partial charge in [0.15, 0.2) is 0 Å². The number of rotatable bonds is 7. The molecule has 1 aliphatic rings. The summed E-state index contributed by atoms with van der Waals surface area (Å²) in [6.07, 6.45) is 2.42. The minimum absolute atomic E-state index is 0.0888. The molecule has 0 aromatic heterocycles. The molecule has 0 spiro atoms. The van der Waals surface area contributed by atoms with E-state index >= 15 is 0 Å². The number of hydrogen-bond acceptors (Lipinski definition) is 2. The van der Waals surface area contributed by atoms with Crippen LogP contribution >= 0.6 is 0 Å². The highest BCUT2D eigenvalue weighted by Crippen LogP contribution is 2.29. The largest absolute Gasteiger partial charge is 0.494 e. The van der Waals surface area contributed by atoms with Crippen molar-refractivity contribution in [1.82, 2.24) is 4.90 Å². The second kappa shape index (κ2) is 7.47. The number of halogens is 1. The van der Waals surface area contributed by atoms with Crippen LogP contribution in [-0.4, -0.2) is 23.5 Å². The van der Waals surface area contributed by atoms with Gasteiger partial charge in [0, 0.05) is 12.6 Å². The Morgan fingerprint density at radius 1 is 1.17 bits per heavy atom. The lowest BCUT2D eigenvalue weighted by Crippen LogP contribution is -2.33. The molecule has 1 saturated carbocycles. The number of hydrogen-bond donors (Lipinski definition) is 0. The molecule has 0 N–H and O–H groups in total. The van der Waals surface area contributed by atoms with E-state index in [1.165, 1.54) is 12.1 Å². The minimum Gasteiger partial charge on any atom is -0.494 e. The van der Waals surface area contributed by atoms with E-state index < -0.39 is 0 Å². The fourth-order valence-corrected chi connectivity index (χ4v) is 2.79. The Balaban J connectivity index is 1.66. The second-order valence-electron chi connectivity index (χ2n) is 6.14. The van der Waals surface area contributed by atoms with Crippen LogP contribution in [0.25, 0.3) is 0 Å². The number of carbonyl (C=O) groups excluding carboxylic acids is 1. The molecule has 1 fully saturated rings. The SMILES string of the molecule is CCOc1ccc(CC(=O)N(Cc2cccc(F)c2)C2CC2)cc1. The Bertz CT molecular complexity index is 695. The van der Waals surface area contributed by atoms with Gasteiger partial charge in [-0.3, -0.25) is 4.79 Å². The standard InChI is InChI=1S/C20H22FNO2/c1-2-24-19-10-6-15(7-11-19)13-20(23)22(18-8-9-18)14-16-4-3-5-17(21)12-16/h3-7,10-12,18H,2,8-9,13-14H2,1H3. The highest BCUT2D eigenvalue weighted by Gasteiger charge is 2.32. The topological polar surface area (TPSA) is 29.5 Å². The Kier molecular flexibility index (Phi) is 5.14. The monoisotopic (exact) mass is 327 g/mol. The van der Waals surface area contributed by atoms with Gasteiger partial charge < -0.3 is 9.64 Å². The van der Waals surface area contributed by atoms with Crippen molar-refractivity contribution in [1.29, 1.82) is 0 Å². The van der Waals surface area contributed by atoms with Crippen LogP contribution in [0.5, 0.6) is 5.75 Å². The van der Waals surface area contributed by atoms with E-state index in [-0.39, 0.29) is 11.7 Å². The van der Waals surface area contributed by atoms with E-state index in [0.29, 0.717) is 25.6 Å². The van der Waals surface area contributed by atoms with Gasteiger partial charge in [0.05, 0.1) is 13.0 Å². The molecule has 24 heavy (non-hydrogen) atoms. The minimum atomic E-state index is -0.262. The van der Waals surface area contributed by atoms with Gasteiger partial charge >= 0.3 is 0 Å². The van der Waals surface area contributed by atoms with E-state index in [9.17, 15) is 9.18 Å². The fraction of sp³-hybridized carbons (Fsp3) is 0.350. The van der Waals surface area contributed by atoms with E-state index in [1.807, 2.05) is 42.2 Å². The normalized spacial score (nSPS) is 13.6. The Morgan fingerprint density at radius 2 is 1.92 bits per heavy atom. The predicted molar refractivity (Wildman–Crippen MR) is 91.3 cm³/mol. The van der Waals surface area contributed by atoms with Crippen molar-refractivity contribution in [2.75, 3.05) is 6.61 Å². The average molecular weight is 327 g/mol. The summed E-state index contributed by atoms with van der Waals surface area (Å²) < 4.78 is 18.8. The molecule has 0 saturated heterocycles. The van der Waals surface area contributed by atoms with Gasteiger partial charge in [0.2, 0.25) is 5.91 Å². The number of ether oxygens (including phenoxy) is 1. The van der Waals surface area contributed by atoms with Crippen LogP contribution in [0.2, 0.25) is 0 Å². The molecule has 3 nitrogen and oxygen atoms in total. The molecule has 4 heteroatoms. The quantitative estimate of drug-likeness (QED) is 0.770. The number of carbonyl (C=O) groups is 1. The summed E-state index contributed by atoms with van der Waals surface area (Å²) in [5.41, 5.74) is 1.80. The molecule has 0 aliphatic heterocycles. The lowest BCUT2D eigenvalue weighted by Gasteiger charge is -2.23. The molecule has 3 rings (SSSR count). The first-order valence-electron chi connectivity index (χ1n) is 8.41. The van der Waals surface area contributed by atoms with E-state index in [0.717, 1.165) is 29.7 Å². The predicted octanol–water partition coefficient (Wildman–Crippen LogP) is 3.96. The van der Waals surface area contributed by atoms with Gasteiger partial charge in [-0.15, -0.1) is 0 Å². The maximum atomic E-state index is 13.4. The zero-order chi connectivity index (χ0) is 16.9. The fourth-order valence-electron chi connectivity index (χ4n) is 2.79. The van der Waals surface area contributed by atoms with Crippen LogP contribution in [0.4, 0.5) is 4.39 Å². The van der Waals surface area contributed by atoms with Crippen molar-refractivity contribution in [2.24, 2.45) is 0 Å². The first-order chi connectivity index (χ1) is 11.7. The van der Waals surface area contributed by atoms with Gasteiger partial charge in [0.25, 0.3) is 0 Å². The summed E-state index contributed by atoms with van der Waals surface area (Å²) in [4.78, 5) is 14.6. The zero-order valence-corrected chi connectivity index (χ0v) is 13.9. The third-order valence-electron chi connectivity index (χ3n) is 4.14. The second-order valence-corrected chi connectivity index (χ2v) is 6.14. The molecule has 0 bridgehead atoms. The average Bonchev–Trinajstić information content (AvgIpc) is 3.39.